The molecule has 4 heteroatoms. The van der Waals surface area contributed by atoms with Crippen molar-refractivity contribution in [3.63, 3.8) is 0 Å². The second-order valence-electron chi connectivity index (χ2n) is 4.68. The fourth-order valence-electron chi connectivity index (χ4n) is 2.18. The van der Waals surface area contributed by atoms with E-state index in [9.17, 15) is 0 Å². The number of hydrogen-bond acceptors (Lipinski definition) is 1. The van der Waals surface area contributed by atoms with Gasteiger partial charge < -0.3 is 0 Å². The highest BCUT2D eigenvalue weighted by Gasteiger charge is 2.17. The molecule has 1 atom stereocenters. The lowest BCUT2D eigenvalue weighted by molar-refractivity contribution is 1.16. The summed E-state index contributed by atoms with van der Waals surface area (Å²) in [4.78, 5) is 0. The monoisotopic (exact) mass is 428 g/mol. The lowest BCUT2D eigenvalue weighted by Gasteiger charge is -2.11. The van der Waals surface area contributed by atoms with Crippen LogP contribution in [-0.4, -0.2) is 0 Å². The number of hydrogen-bond donors (Lipinski definition) is 0. The zero-order chi connectivity index (χ0) is 14.3. The van der Waals surface area contributed by atoms with Crippen LogP contribution in [0.25, 0.3) is 10.1 Å². The molecule has 0 spiro atoms. The van der Waals surface area contributed by atoms with Crippen molar-refractivity contribution in [2.45, 2.75) is 12.3 Å². The van der Waals surface area contributed by atoms with Crippen LogP contribution >= 0.6 is 54.8 Å². The summed E-state index contributed by atoms with van der Waals surface area (Å²) >= 11 is 15.6. The summed E-state index contributed by atoms with van der Waals surface area (Å²) in [5.74, 6) is 0. The standard InChI is InChI=1S/C16H11Br2ClS/c1-9-5-6-10(7-14(9)18)15(19)12-8-20-16-11(12)3-2-4-13(16)17/h2-8,15H,1H3. The minimum absolute atomic E-state index is 0.130. The topological polar surface area (TPSA) is 0 Å². The van der Waals surface area contributed by atoms with Crippen LogP contribution in [0.15, 0.2) is 50.7 Å². The Morgan fingerprint density at radius 1 is 1.10 bits per heavy atom. The van der Waals surface area contributed by atoms with Crippen LogP contribution in [0.1, 0.15) is 22.1 Å². The van der Waals surface area contributed by atoms with Gasteiger partial charge in [-0.05, 0) is 62.4 Å². The summed E-state index contributed by atoms with van der Waals surface area (Å²) in [5, 5.41) is 3.25. The van der Waals surface area contributed by atoms with E-state index in [1.165, 1.54) is 21.2 Å². The second kappa shape index (κ2) is 5.80. The maximum absolute atomic E-state index is 6.70. The Morgan fingerprint density at radius 3 is 2.65 bits per heavy atom. The summed E-state index contributed by atoms with van der Waals surface area (Å²) < 4.78 is 3.47. The molecule has 0 N–H and O–H groups in total. The molecule has 0 saturated carbocycles. The lowest BCUT2D eigenvalue weighted by atomic mass is 10.0. The van der Waals surface area contributed by atoms with Crippen LogP contribution in [0, 0.1) is 6.92 Å². The summed E-state index contributed by atoms with van der Waals surface area (Å²) in [6, 6.07) is 12.5. The van der Waals surface area contributed by atoms with Gasteiger partial charge in [0.2, 0.25) is 0 Å². The minimum Gasteiger partial charge on any atom is -0.142 e. The van der Waals surface area contributed by atoms with Crippen LogP contribution in [-0.2, 0) is 0 Å². The normalized spacial score (nSPS) is 12.8. The number of aryl methyl sites for hydroxylation is 1. The predicted octanol–water partition coefficient (Wildman–Crippen LogP) is 7.06. The van der Waals surface area contributed by atoms with Crippen molar-refractivity contribution < 1.29 is 0 Å². The van der Waals surface area contributed by atoms with Crippen molar-refractivity contribution in [2.75, 3.05) is 0 Å². The Morgan fingerprint density at radius 2 is 1.90 bits per heavy atom. The fourth-order valence-corrected chi connectivity index (χ4v) is 4.62. The molecule has 102 valence electrons. The van der Waals surface area contributed by atoms with Crippen LogP contribution < -0.4 is 0 Å². The van der Waals surface area contributed by atoms with Gasteiger partial charge in [-0.1, -0.05) is 40.2 Å². The Hall–Kier alpha value is -0.350. The molecule has 3 rings (SSSR count). The highest BCUT2D eigenvalue weighted by molar-refractivity contribution is 9.11. The highest BCUT2D eigenvalue weighted by Crippen LogP contribution is 2.40. The van der Waals surface area contributed by atoms with E-state index in [4.69, 9.17) is 11.6 Å². The molecule has 2 aromatic carbocycles. The highest BCUT2D eigenvalue weighted by atomic mass is 79.9. The Kier molecular flexibility index (Phi) is 4.23. The van der Waals surface area contributed by atoms with Gasteiger partial charge in [-0.25, -0.2) is 0 Å². The van der Waals surface area contributed by atoms with Gasteiger partial charge in [-0.2, -0.15) is 0 Å². The van der Waals surface area contributed by atoms with Crippen molar-refractivity contribution in [3.8, 4) is 0 Å². The smallest absolute Gasteiger partial charge is 0.0849 e. The van der Waals surface area contributed by atoms with Gasteiger partial charge in [-0.15, -0.1) is 22.9 Å². The number of halogens is 3. The third kappa shape index (κ3) is 2.57. The summed E-state index contributed by atoms with van der Waals surface area (Å²) in [6.45, 7) is 2.08. The largest absolute Gasteiger partial charge is 0.142 e. The average molecular weight is 431 g/mol. The molecular formula is C16H11Br2ClS. The molecule has 0 aliphatic heterocycles. The van der Waals surface area contributed by atoms with Crippen molar-refractivity contribution in [2.24, 2.45) is 0 Å². The van der Waals surface area contributed by atoms with Crippen LogP contribution in [0.5, 0.6) is 0 Å². The first-order valence-corrected chi connectivity index (χ1v) is 9.04. The van der Waals surface area contributed by atoms with Gasteiger partial charge >= 0.3 is 0 Å². The van der Waals surface area contributed by atoms with Gasteiger partial charge in [0.15, 0.2) is 0 Å². The van der Waals surface area contributed by atoms with E-state index < -0.39 is 0 Å². The maximum atomic E-state index is 6.70. The van der Waals surface area contributed by atoms with E-state index in [1.807, 2.05) is 0 Å². The fraction of sp³-hybridized carbons (Fsp3) is 0.125. The number of rotatable bonds is 2. The molecule has 3 aromatic rings. The molecule has 0 bridgehead atoms. The molecular weight excluding hydrogens is 420 g/mol. The predicted molar refractivity (Wildman–Crippen MR) is 96.1 cm³/mol. The molecule has 0 nitrogen and oxygen atoms in total. The van der Waals surface area contributed by atoms with E-state index in [-0.39, 0.29) is 5.38 Å². The minimum atomic E-state index is -0.130. The van der Waals surface area contributed by atoms with Crippen LogP contribution in [0.4, 0.5) is 0 Å². The first kappa shape index (κ1) is 14.6. The second-order valence-corrected chi connectivity index (χ2v) is 7.70. The van der Waals surface area contributed by atoms with Gasteiger partial charge in [-0.3, -0.25) is 0 Å². The summed E-state index contributed by atoms with van der Waals surface area (Å²) in [6.07, 6.45) is 0. The van der Waals surface area contributed by atoms with Gasteiger partial charge in [0.25, 0.3) is 0 Å². The lowest BCUT2D eigenvalue weighted by Crippen LogP contribution is -1.93. The third-order valence-electron chi connectivity index (χ3n) is 3.34. The summed E-state index contributed by atoms with van der Waals surface area (Å²) in [5.41, 5.74) is 3.50. The van der Waals surface area contributed by atoms with E-state index in [1.54, 1.807) is 11.3 Å². The SMILES string of the molecule is Cc1ccc(C(Cl)c2csc3c(Br)cccc23)cc1Br. The first-order valence-electron chi connectivity index (χ1n) is 6.13. The van der Waals surface area contributed by atoms with Crippen molar-refractivity contribution >= 4 is 64.9 Å². The molecule has 0 aliphatic carbocycles. The first-order chi connectivity index (χ1) is 9.58. The van der Waals surface area contributed by atoms with Gasteiger partial charge in [0.05, 0.1) is 5.38 Å². The van der Waals surface area contributed by atoms with E-state index in [0.717, 1.165) is 14.5 Å². The maximum Gasteiger partial charge on any atom is 0.0849 e. The molecule has 0 aliphatic rings. The molecule has 1 heterocycles. The third-order valence-corrected chi connectivity index (χ3v) is 6.66. The van der Waals surface area contributed by atoms with Gasteiger partial charge in [0.1, 0.15) is 0 Å². The Bertz CT molecular complexity index is 779. The Labute approximate surface area is 144 Å². The molecule has 20 heavy (non-hydrogen) atoms. The van der Waals surface area contributed by atoms with Crippen molar-refractivity contribution in [1.82, 2.24) is 0 Å². The zero-order valence-corrected chi connectivity index (χ0v) is 15.4. The van der Waals surface area contributed by atoms with Crippen LogP contribution in [0.3, 0.4) is 0 Å². The molecule has 1 aromatic heterocycles. The number of fused-ring (bicyclic) bond motifs is 1. The summed E-state index contributed by atoms with van der Waals surface area (Å²) in [7, 11) is 0. The van der Waals surface area contributed by atoms with E-state index >= 15 is 0 Å². The number of alkyl halides is 1. The average Bonchev–Trinajstić information content (AvgIpc) is 2.86. The molecule has 1 unspecified atom stereocenters. The zero-order valence-electron chi connectivity index (χ0n) is 10.7. The molecule has 0 amide bonds. The van der Waals surface area contributed by atoms with E-state index in [0.29, 0.717) is 0 Å². The number of thiophene rings is 1. The Balaban J connectivity index is 2.10. The van der Waals surface area contributed by atoms with Crippen LogP contribution in [0.2, 0.25) is 0 Å². The van der Waals surface area contributed by atoms with E-state index in [2.05, 4.69) is 80.6 Å². The van der Waals surface area contributed by atoms with Gasteiger partial charge in [0, 0.05) is 13.6 Å². The molecule has 0 saturated heterocycles. The molecule has 0 radical (unpaired) electrons. The quantitative estimate of drug-likeness (QED) is 0.382. The molecule has 0 fully saturated rings. The number of benzene rings is 2. The van der Waals surface area contributed by atoms with Crippen molar-refractivity contribution in [1.29, 1.82) is 0 Å². The van der Waals surface area contributed by atoms with Crippen molar-refractivity contribution in [3.05, 3.63) is 67.4 Å².